The molecule has 1 aromatic carbocycles. The van der Waals surface area contributed by atoms with Gasteiger partial charge in [0.2, 0.25) is 0 Å². The summed E-state index contributed by atoms with van der Waals surface area (Å²) in [5.41, 5.74) is 7.17. The summed E-state index contributed by atoms with van der Waals surface area (Å²) in [7, 11) is 0. The second-order valence-electron chi connectivity index (χ2n) is 5.42. The fourth-order valence-electron chi connectivity index (χ4n) is 2.88. The van der Waals surface area contributed by atoms with Crippen LogP contribution in [0.25, 0.3) is 0 Å². The second kappa shape index (κ2) is 6.77. The van der Waals surface area contributed by atoms with E-state index in [1.165, 1.54) is 11.3 Å². The number of aromatic nitrogens is 1. The third-order valence-corrected chi connectivity index (χ3v) is 5.24. The van der Waals surface area contributed by atoms with Gasteiger partial charge in [-0.2, -0.15) is 0 Å². The highest BCUT2D eigenvalue weighted by Gasteiger charge is 2.30. The first-order valence-corrected chi connectivity index (χ1v) is 8.63. The molecule has 3 rings (SSSR count). The number of hydrogen-bond acceptors (Lipinski definition) is 4. The number of nitrogens with two attached hydrogens (primary N) is 1. The average Bonchev–Trinajstić information content (AvgIpc) is 3.18. The topological polar surface area (TPSA) is 59.2 Å². The molecule has 4 nitrogen and oxygen atoms in total. The molecule has 1 aromatic heterocycles. The van der Waals surface area contributed by atoms with Crippen LogP contribution in [0, 0.1) is 0 Å². The lowest BCUT2D eigenvalue weighted by atomic mass is 10.0. The van der Waals surface area contributed by atoms with Crippen molar-refractivity contribution in [1.29, 1.82) is 0 Å². The Hall–Kier alpha value is -1.43. The van der Waals surface area contributed by atoms with Crippen LogP contribution in [0.3, 0.4) is 0 Å². The van der Waals surface area contributed by atoms with Gasteiger partial charge in [0.15, 0.2) is 0 Å². The summed E-state index contributed by atoms with van der Waals surface area (Å²) >= 11 is 7.68. The van der Waals surface area contributed by atoms with Gasteiger partial charge in [0.1, 0.15) is 10.7 Å². The number of likely N-dealkylation sites (tertiary alicyclic amines) is 1. The predicted octanol–water partition coefficient (Wildman–Crippen LogP) is 3.10. The fourth-order valence-corrected chi connectivity index (χ4v) is 3.74. The molecule has 2 aromatic rings. The number of carbonyl (C=O) groups excluding carboxylic acids is 1. The summed E-state index contributed by atoms with van der Waals surface area (Å²) in [6.07, 6.45) is 2.82. The first-order valence-electron chi connectivity index (χ1n) is 7.38. The third kappa shape index (κ3) is 3.16. The maximum Gasteiger partial charge on any atom is 0.273 e. The van der Waals surface area contributed by atoms with E-state index in [0.717, 1.165) is 41.4 Å². The highest BCUT2D eigenvalue weighted by molar-refractivity contribution is 7.09. The van der Waals surface area contributed by atoms with Crippen molar-refractivity contribution >= 4 is 28.8 Å². The van der Waals surface area contributed by atoms with Crippen molar-refractivity contribution in [3.63, 3.8) is 0 Å². The van der Waals surface area contributed by atoms with E-state index in [1.54, 1.807) is 5.38 Å². The molecule has 1 unspecified atom stereocenters. The van der Waals surface area contributed by atoms with Crippen molar-refractivity contribution in [2.24, 2.45) is 5.73 Å². The maximum absolute atomic E-state index is 12.7. The van der Waals surface area contributed by atoms with Crippen LogP contribution in [0.2, 0.25) is 5.02 Å². The largest absolute Gasteiger partial charge is 0.334 e. The van der Waals surface area contributed by atoms with E-state index in [1.807, 2.05) is 29.2 Å². The Morgan fingerprint density at radius 1 is 1.45 bits per heavy atom. The van der Waals surface area contributed by atoms with Gasteiger partial charge in [-0.3, -0.25) is 4.79 Å². The van der Waals surface area contributed by atoms with E-state index < -0.39 is 0 Å². The molecule has 1 fully saturated rings. The summed E-state index contributed by atoms with van der Waals surface area (Å²) in [4.78, 5) is 18.9. The molecule has 0 spiro atoms. The Labute approximate surface area is 138 Å². The van der Waals surface area contributed by atoms with Crippen molar-refractivity contribution in [2.75, 3.05) is 6.54 Å². The van der Waals surface area contributed by atoms with Gasteiger partial charge in [0.05, 0.1) is 0 Å². The lowest BCUT2D eigenvalue weighted by Gasteiger charge is -2.24. The van der Waals surface area contributed by atoms with Crippen LogP contribution in [0.5, 0.6) is 0 Å². The molecule has 1 atom stereocenters. The van der Waals surface area contributed by atoms with Gasteiger partial charge in [0.25, 0.3) is 5.91 Å². The Kier molecular flexibility index (Phi) is 4.76. The van der Waals surface area contributed by atoms with E-state index in [0.29, 0.717) is 12.2 Å². The number of nitrogens with zero attached hydrogens (tertiary/aromatic N) is 2. The standard InChI is InChI=1S/C16H18ClN3OS/c17-13-6-2-1-4-11(13)8-12-5-3-7-20(12)16(21)14-10-22-15(9-18)19-14/h1-2,4,6,10,12H,3,5,7-9,18H2. The molecular weight excluding hydrogens is 318 g/mol. The Balaban J connectivity index is 1.75. The zero-order valence-electron chi connectivity index (χ0n) is 12.2. The Bertz CT molecular complexity index is 673. The van der Waals surface area contributed by atoms with Gasteiger partial charge >= 0.3 is 0 Å². The molecule has 1 aliphatic heterocycles. The number of benzene rings is 1. The van der Waals surface area contributed by atoms with Gasteiger partial charge in [0, 0.05) is 29.5 Å². The minimum atomic E-state index is 0.00510. The van der Waals surface area contributed by atoms with Gasteiger partial charge < -0.3 is 10.6 Å². The predicted molar refractivity (Wildman–Crippen MR) is 89.2 cm³/mol. The summed E-state index contributed by atoms with van der Waals surface area (Å²) < 4.78 is 0. The van der Waals surface area contributed by atoms with Crippen LogP contribution in [0.1, 0.15) is 33.9 Å². The number of amides is 1. The van der Waals surface area contributed by atoms with Crippen LogP contribution in [-0.2, 0) is 13.0 Å². The summed E-state index contributed by atoms with van der Waals surface area (Å²) in [6.45, 7) is 1.16. The second-order valence-corrected chi connectivity index (χ2v) is 6.77. The molecule has 0 saturated carbocycles. The van der Waals surface area contributed by atoms with Gasteiger partial charge in [-0.1, -0.05) is 29.8 Å². The number of rotatable bonds is 4. The van der Waals surface area contributed by atoms with Gasteiger partial charge in [-0.05, 0) is 30.9 Å². The van der Waals surface area contributed by atoms with E-state index in [4.69, 9.17) is 17.3 Å². The molecule has 2 heterocycles. The lowest BCUT2D eigenvalue weighted by molar-refractivity contribution is 0.0731. The zero-order valence-corrected chi connectivity index (χ0v) is 13.7. The third-order valence-electron chi connectivity index (χ3n) is 4.00. The molecule has 0 bridgehead atoms. The molecule has 2 N–H and O–H groups in total. The molecule has 1 aliphatic rings. The number of thiazole rings is 1. The van der Waals surface area contributed by atoms with Crippen molar-refractivity contribution in [1.82, 2.24) is 9.88 Å². The van der Waals surface area contributed by atoms with Gasteiger partial charge in [-0.15, -0.1) is 11.3 Å². The first-order chi connectivity index (χ1) is 10.7. The quantitative estimate of drug-likeness (QED) is 0.934. The van der Waals surface area contributed by atoms with Crippen molar-refractivity contribution in [3.05, 3.63) is 50.9 Å². The highest BCUT2D eigenvalue weighted by Crippen LogP contribution is 2.26. The van der Waals surface area contributed by atoms with Crippen LogP contribution in [-0.4, -0.2) is 28.4 Å². The summed E-state index contributed by atoms with van der Waals surface area (Å²) in [5.74, 6) is 0.00510. The average molecular weight is 336 g/mol. The van der Waals surface area contributed by atoms with Crippen LogP contribution in [0.15, 0.2) is 29.6 Å². The minimum Gasteiger partial charge on any atom is -0.334 e. The Morgan fingerprint density at radius 2 is 2.27 bits per heavy atom. The lowest BCUT2D eigenvalue weighted by Crippen LogP contribution is -2.37. The molecule has 6 heteroatoms. The number of hydrogen-bond donors (Lipinski definition) is 1. The van der Waals surface area contributed by atoms with Crippen molar-refractivity contribution in [2.45, 2.75) is 31.8 Å². The van der Waals surface area contributed by atoms with E-state index >= 15 is 0 Å². The van der Waals surface area contributed by atoms with Crippen molar-refractivity contribution < 1.29 is 4.79 Å². The van der Waals surface area contributed by atoms with E-state index in [9.17, 15) is 4.79 Å². The smallest absolute Gasteiger partial charge is 0.273 e. The minimum absolute atomic E-state index is 0.00510. The molecule has 0 radical (unpaired) electrons. The number of carbonyl (C=O) groups is 1. The fraction of sp³-hybridized carbons (Fsp3) is 0.375. The van der Waals surface area contributed by atoms with E-state index in [2.05, 4.69) is 4.98 Å². The van der Waals surface area contributed by atoms with Crippen LogP contribution < -0.4 is 5.73 Å². The van der Waals surface area contributed by atoms with Crippen LogP contribution in [0.4, 0.5) is 0 Å². The zero-order chi connectivity index (χ0) is 15.5. The Morgan fingerprint density at radius 3 is 3.00 bits per heavy atom. The summed E-state index contributed by atoms with van der Waals surface area (Å²) in [6, 6.07) is 8.02. The molecule has 22 heavy (non-hydrogen) atoms. The molecule has 116 valence electrons. The van der Waals surface area contributed by atoms with Gasteiger partial charge in [-0.25, -0.2) is 4.98 Å². The molecule has 1 saturated heterocycles. The van der Waals surface area contributed by atoms with Crippen LogP contribution >= 0.6 is 22.9 Å². The molecular formula is C16H18ClN3OS. The first kappa shape index (κ1) is 15.5. The monoisotopic (exact) mass is 335 g/mol. The van der Waals surface area contributed by atoms with E-state index in [-0.39, 0.29) is 11.9 Å². The summed E-state index contributed by atoms with van der Waals surface area (Å²) in [5, 5.41) is 3.36. The molecule has 1 amide bonds. The normalized spacial score (nSPS) is 17.9. The maximum atomic E-state index is 12.7. The van der Waals surface area contributed by atoms with Crippen molar-refractivity contribution in [3.8, 4) is 0 Å². The SMILES string of the molecule is NCc1nc(C(=O)N2CCCC2Cc2ccccc2Cl)cs1. The molecule has 0 aliphatic carbocycles. The number of halogens is 1. The highest BCUT2D eigenvalue weighted by atomic mass is 35.5.